The Balaban J connectivity index is 2.16. The fourth-order valence-electron chi connectivity index (χ4n) is 2.99. The monoisotopic (exact) mass is 412 g/mol. The number of methoxy groups -OCH3 is 1. The van der Waals surface area contributed by atoms with Gasteiger partial charge in [-0.15, -0.1) is 0 Å². The molecular weight excluding hydrogens is 380 g/mol. The molecule has 0 bridgehead atoms. The zero-order valence-electron chi connectivity index (χ0n) is 18.5. The van der Waals surface area contributed by atoms with E-state index in [9.17, 15) is 9.59 Å². The highest BCUT2D eigenvalue weighted by atomic mass is 16.5. The number of ether oxygens (including phenoxy) is 2. The van der Waals surface area contributed by atoms with Crippen LogP contribution in [0.4, 0.5) is 0 Å². The lowest BCUT2D eigenvalue weighted by Crippen LogP contribution is -2.49. The largest absolute Gasteiger partial charge is 0.497 e. The second-order valence-corrected chi connectivity index (χ2v) is 7.39. The summed E-state index contributed by atoms with van der Waals surface area (Å²) in [5.41, 5.74) is 2.93. The van der Waals surface area contributed by atoms with Crippen molar-refractivity contribution in [3.8, 4) is 11.5 Å². The van der Waals surface area contributed by atoms with Crippen LogP contribution >= 0.6 is 0 Å². The third-order valence-electron chi connectivity index (χ3n) is 4.92. The molecule has 162 valence electrons. The Bertz CT molecular complexity index is 849. The minimum Gasteiger partial charge on any atom is -0.497 e. The van der Waals surface area contributed by atoms with Gasteiger partial charge in [0.05, 0.1) is 7.11 Å². The third kappa shape index (κ3) is 6.51. The molecule has 6 nitrogen and oxygen atoms in total. The van der Waals surface area contributed by atoms with Crippen molar-refractivity contribution in [3.05, 3.63) is 59.2 Å². The van der Waals surface area contributed by atoms with E-state index < -0.39 is 6.04 Å². The first-order chi connectivity index (χ1) is 14.3. The Morgan fingerprint density at radius 2 is 1.80 bits per heavy atom. The molecule has 1 atom stereocenters. The SMILES string of the molecule is CCCNC(=O)[C@@H](C)N(Cc1ccc(OC)cc1)C(=O)COc1cc(C)ccc1C. The summed E-state index contributed by atoms with van der Waals surface area (Å²) in [6.07, 6.45) is 0.834. The molecule has 0 saturated carbocycles. The van der Waals surface area contributed by atoms with Crippen LogP contribution in [0.3, 0.4) is 0 Å². The summed E-state index contributed by atoms with van der Waals surface area (Å²) in [4.78, 5) is 27.2. The maximum atomic E-state index is 13.1. The first kappa shape index (κ1) is 23.3. The molecular formula is C24H32N2O4. The molecule has 0 radical (unpaired) electrons. The predicted octanol–water partition coefficient (Wildman–Crippen LogP) is 3.63. The van der Waals surface area contributed by atoms with E-state index in [2.05, 4.69) is 5.32 Å². The molecule has 0 saturated heterocycles. The van der Waals surface area contributed by atoms with Crippen molar-refractivity contribution in [3.63, 3.8) is 0 Å². The number of carbonyl (C=O) groups is 2. The zero-order chi connectivity index (χ0) is 22.1. The fourth-order valence-corrected chi connectivity index (χ4v) is 2.99. The summed E-state index contributed by atoms with van der Waals surface area (Å²) in [6, 6.07) is 12.7. The molecule has 0 unspecified atom stereocenters. The van der Waals surface area contributed by atoms with E-state index in [0.717, 1.165) is 28.9 Å². The number of nitrogens with zero attached hydrogens (tertiary/aromatic N) is 1. The average Bonchev–Trinajstić information content (AvgIpc) is 2.76. The van der Waals surface area contributed by atoms with Gasteiger partial charge in [0.1, 0.15) is 17.5 Å². The highest BCUT2D eigenvalue weighted by Crippen LogP contribution is 2.20. The Kier molecular flexibility index (Phi) is 8.71. The Morgan fingerprint density at radius 3 is 2.43 bits per heavy atom. The smallest absolute Gasteiger partial charge is 0.261 e. The number of amides is 2. The van der Waals surface area contributed by atoms with Gasteiger partial charge in [0, 0.05) is 13.1 Å². The van der Waals surface area contributed by atoms with Crippen molar-refractivity contribution in [2.45, 2.75) is 46.7 Å². The van der Waals surface area contributed by atoms with Crippen LogP contribution in [0.5, 0.6) is 11.5 Å². The summed E-state index contributed by atoms with van der Waals surface area (Å²) in [6.45, 7) is 8.39. The van der Waals surface area contributed by atoms with E-state index in [0.29, 0.717) is 18.8 Å². The number of carbonyl (C=O) groups excluding carboxylic acids is 2. The predicted molar refractivity (Wildman–Crippen MR) is 118 cm³/mol. The first-order valence-electron chi connectivity index (χ1n) is 10.3. The summed E-state index contributed by atoms with van der Waals surface area (Å²) in [7, 11) is 1.61. The zero-order valence-corrected chi connectivity index (χ0v) is 18.5. The second-order valence-electron chi connectivity index (χ2n) is 7.39. The Hall–Kier alpha value is -3.02. The molecule has 2 aromatic carbocycles. The summed E-state index contributed by atoms with van der Waals surface area (Å²) < 4.78 is 11.0. The third-order valence-corrected chi connectivity index (χ3v) is 4.92. The van der Waals surface area contributed by atoms with Gasteiger partial charge in [-0.3, -0.25) is 9.59 Å². The second kappa shape index (κ2) is 11.2. The van der Waals surface area contributed by atoms with Gasteiger partial charge in [0.25, 0.3) is 5.91 Å². The van der Waals surface area contributed by atoms with Gasteiger partial charge in [-0.05, 0) is 62.1 Å². The minimum absolute atomic E-state index is 0.133. The highest BCUT2D eigenvalue weighted by molar-refractivity contribution is 5.88. The fraction of sp³-hybridized carbons (Fsp3) is 0.417. The van der Waals surface area contributed by atoms with Gasteiger partial charge in [-0.2, -0.15) is 0 Å². The topological polar surface area (TPSA) is 67.9 Å². The quantitative estimate of drug-likeness (QED) is 0.647. The molecule has 0 fully saturated rings. The lowest BCUT2D eigenvalue weighted by atomic mass is 10.1. The number of rotatable bonds is 10. The van der Waals surface area contributed by atoms with E-state index in [4.69, 9.17) is 9.47 Å². The molecule has 2 aromatic rings. The summed E-state index contributed by atoms with van der Waals surface area (Å²) >= 11 is 0. The van der Waals surface area contributed by atoms with Crippen LogP contribution in [-0.4, -0.2) is 43.0 Å². The standard InChI is InChI=1S/C24H32N2O4/c1-6-13-25-24(28)19(4)26(15-20-9-11-21(29-5)12-10-20)23(27)16-30-22-14-17(2)7-8-18(22)3/h7-12,14,19H,6,13,15-16H2,1-5H3,(H,25,28)/t19-/m1/s1. The molecule has 30 heavy (non-hydrogen) atoms. The van der Waals surface area contributed by atoms with Gasteiger partial charge >= 0.3 is 0 Å². The molecule has 1 N–H and O–H groups in total. The van der Waals surface area contributed by atoms with Crippen LogP contribution in [0.25, 0.3) is 0 Å². The minimum atomic E-state index is -0.617. The number of benzene rings is 2. The molecule has 0 aromatic heterocycles. The van der Waals surface area contributed by atoms with E-state index in [1.807, 2.05) is 63.2 Å². The molecule has 6 heteroatoms. The number of nitrogens with one attached hydrogen (secondary N) is 1. The van der Waals surface area contributed by atoms with Gasteiger partial charge in [-0.1, -0.05) is 31.2 Å². The molecule has 2 rings (SSSR count). The van der Waals surface area contributed by atoms with Gasteiger partial charge in [0.2, 0.25) is 5.91 Å². The molecule has 0 heterocycles. The number of hydrogen-bond acceptors (Lipinski definition) is 4. The molecule has 2 amide bonds. The van der Waals surface area contributed by atoms with Gasteiger partial charge in [0.15, 0.2) is 6.61 Å². The molecule has 0 spiro atoms. The van der Waals surface area contributed by atoms with Gasteiger partial charge < -0.3 is 19.7 Å². The molecule has 0 aliphatic rings. The van der Waals surface area contributed by atoms with Crippen LogP contribution < -0.4 is 14.8 Å². The highest BCUT2D eigenvalue weighted by Gasteiger charge is 2.26. The van der Waals surface area contributed by atoms with E-state index in [-0.39, 0.29) is 18.4 Å². The van der Waals surface area contributed by atoms with Crippen LogP contribution in [0.1, 0.15) is 37.0 Å². The van der Waals surface area contributed by atoms with Crippen molar-refractivity contribution in [1.82, 2.24) is 10.2 Å². The Morgan fingerprint density at radius 1 is 1.10 bits per heavy atom. The van der Waals surface area contributed by atoms with Crippen molar-refractivity contribution < 1.29 is 19.1 Å². The van der Waals surface area contributed by atoms with Crippen molar-refractivity contribution in [2.24, 2.45) is 0 Å². The van der Waals surface area contributed by atoms with E-state index >= 15 is 0 Å². The number of hydrogen-bond donors (Lipinski definition) is 1. The maximum absolute atomic E-state index is 13.1. The first-order valence-corrected chi connectivity index (χ1v) is 10.3. The molecule has 0 aliphatic carbocycles. The Labute approximate surface area is 179 Å². The summed E-state index contributed by atoms with van der Waals surface area (Å²) in [5, 5.41) is 2.87. The van der Waals surface area contributed by atoms with Crippen LogP contribution in [0.15, 0.2) is 42.5 Å². The lowest BCUT2D eigenvalue weighted by Gasteiger charge is -2.29. The van der Waals surface area contributed by atoms with Crippen molar-refractivity contribution in [1.29, 1.82) is 0 Å². The number of aryl methyl sites for hydroxylation is 2. The van der Waals surface area contributed by atoms with Crippen molar-refractivity contribution in [2.75, 3.05) is 20.3 Å². The van der Waals surface area contributed by atoms with Gasteiger partial charge in [-0.25, -0.2) is 0 Å². The van der Waals surface area contributed by atoms with E-state index in [1.54, 1.807) is 18.9 Å². The molecule has 0 aliphatic heterocycles. The summed E-state index contributed by atoms with van der Waals surface area (Å²) in [5.74, 6) is 0.996. The van der Waals surface area contributed by atoms with Crippen LogP contribution in [0.2, 0.25) is 0 Å². The maximum Gasteiger partial charge on any atom is 0.261 e. The lowest BCUT2D eigenvalue weighted by molar-refractivity contribution is -0.142. The normalized spacial score (nSPS) is 11.5. The van der Waals surface area contributed by atoms with Crippen molar-refractivity contribution >= 4 is 11.8 Å². The van der Waals surface area contributed by atoms with E-state index in [1.165, 1.54) is 0 Å². The average molecular weight is 413 g/mol. The van der Waals surface area contributed by atoms with Crippen LogP contribution in [0, 0.1) is 13.8 Å². The van der Waals surface area contributed by atoms with Crippen LogP contribution in [-0.2, 0) is 16.1 Å².